The Balaban J connectivity index is 1.30. The van der Waals surface area contributed by atoms with E-state index in [0.29, 0.717) is 23.7 Å². The van der Waals surface area contributed by atoms with Crippen molar-refractivity contribution in [3.8, 4) is 0 Å². The van der Waals surface area contributed by atoms with Crippen molar-refractivity contribution in [2.75, 3.05) is 39.3 Å². The molecular weight excluding hydrogens is 398 g/mol. The lowest BCUT2D eigenvalue weighted by molar-refractivity contribution is -0.136. The Morgan fingerprint density at radius 3 is 2.48 bits per heavy atom. The molecule has 3 saturated heterocycles. The quantitative estimate of drug-likeness (QED) is 0.631. The SMILES string of the molecule is O=C1CCC(N2C(=O)c3cccc(CN4CCN([C@@H]5CCNC5)CC4)c3C2=O)C(=O)N1. The highest BCUT2D eigenvalue weighted by Crippen LogP contribution is 2.30. The second-order valence-electron chi connectivity index (χ2n) is 8.75. The first kappa shape index (κ1) is 20.3. The van der Waals surface area contributed by atoms with Crippen LogP contribution in [0.1, 0.15) is 45.5 Å². The lowest BCUT2D eigenvalue weighted by Gasteiger charge is -2.38. The number of rotatable bonds is 4. The van der Waals surface area contributed by atoms with Crippen LogP contribution in [0.2, 0.25) is 0 Å². The first-order valence-corrected chi connectivity index (χ1v) is 11.0. The van der Waals surface area contributed by atoms with Gasteiger partial charge in [-0.2, -0.15) is 0 Å². The summed E-state index contributed by atoms with van der Waals surface area (Å²) in [5.41, 5.74) is 1.57. The van der Waals surface area contributed by atoms with Crippen LogP contribution in [0.25, 0.3) is 0 Å². The third-order valence-electron chi connectivity index (χ3n) is 6.91. The van der Waals surface area contributed by atoms with E-state index in [1.54, 1.807) is 12.1 Å². The number of benzene rings is 1. The van der Waals surface area contributed by atoms with Crippen molar-refractivity contribution >= 4 is 23.6 Å². The van der Waals surface area contributed by atoms with E-state index in [9.17, 15) is 19.2 Å². The zero-order chi connectivity index (χ0) is 21.5. The van der Waals surface area contributed by atoms with E-state index in [1.165, 1.54) is 6.42 Å². The third kappa shape index (κ3) is 3.66. The zero-order valence-corrected chi connectivity index (χ0v) is 17.4. The van der Waals surface area contributed by atoms with Crippen LogP contribution in [0.5, 0.6) is 0 Å². The van der Waals surface area contributed by atoms with Crippen molar-refractivity contribution in [2.24, 2.45) is 0 Å². The molecule has 1 aromatic rings. The maximum atomic E-state index is 13.2. The molecule has 31 heavy (non-hydrogen) atoms. The lowest BCUT2D eigenvalue weighted by atomic mass is 10.0. The zero-order valence-electron chi connectivity index (χ0n) is 17.4. The first-order chi connectivity index (χ1) is 15.0. The van der Waals surface area contributed by atoms with Crippen molar-refractivity contribution in [1.82, 2.24) is 25.3 Å². The molecule has 0 spiro atoms. The molecule has 0 radical (unpaired) electrons. The van der Waals surface area contributed by atoms with Crippen LogP contribution >= 0.6 is 0 Å². The third-order valence-corrected chi connectivity index (χ3v) is 6.91. The number of hydrogen-bond acceptors (Lipinski definition) is 7. The summed E-state index contributed by atoms with van der Waals surface area (Å²) in [5, 5.41) is 5.66. The Labute approximate surface area is 180 Å². The minimum Gasteiger partial charge on any atom is -0.315 e. The van der Waals surface area contributed by atoms with Gasteiger partial charge < -0.3 is 5.32 Å². The lowest BCUT2D eigenvalue weighted by Crippen LogP contribution is -2.54. The van der Waals surface area contributed by atoms with Gasteiger partial charge in [0.05, 0.1) is 11.1 Å². The second-order valence-corrected chi connectivity index (χ2v) is 8.75. The maximum Gasteiger partial charge on any atom is 0.262 e. The molecule has 9 heteroatoms. The number of carbonyl (C=O) groups excluding carboxylic acids is 4. The largest absolute Gasteiger partial charge is 0.315 e. The fraction of sp³-hybridized carbons (Fsp3) is 0.545. The van der Waals surface area contributed by atoms with Crippen molar-refractivity contribution in [3.05, 3.63) is 34.9 Å². The van der Waals surface area contributed by atoms with Crippen LogP contribution in [-0.2, 0) is 16.1 Å². The van der Waals surface area contributed by atoms with E-state index in [1.807, 2.05) is 6.07 Å². The number of imide groups is 2. The molecule has 0 aliphatic carbocycles. The smallest absolute Gasteiger partial charge is 0.262 e. The van der Waals surface area contributed by atoms with Crippen molar-refractivity contribution in [2.45, 2.75) is 37.9 Å². The molecule has 164 valence electrons. The normalized spacial score (nSPS) is 27.7. The summed E-state index contributed by atoms with van der Waals surface area (Å²) in [5.74, 6) is -1.83. The van der Waals surface area contributed by atoms with Gasteiger partial charge in [-0.15, -0.1) is 0 Å². The Morgan fingerprint density at radius 2 is 1.77 bits per heavy atom. The first-order valence-electron chi connectivity index (χ1n) is 11.0. The summed E-state index contributed by atoms with van der Waals surface area (Å²) in [6, 6.07) is 5.03. The Morgan fingerprint density at radius 1 is 0.968 bits per heavy atom. The Bertz CT molecular complexity index is 934. The summed E-state index contributed by atoms with van der Waals surface area (Å²) >= 11 is 0. The monoisotopic (exact) mass is 425 g/mol. The molecule has 4 aliphatic rings. The molecule has 0 bridgehead atoms. The van der Waals surface area contributed by atoms with Crippen LogP contribution in [-0.4, -0.2) is 89.7 Å². The number of hydrogen-bond donors (Lipinski definition) is 2. The van der Waals surface area contributed by atoms with Gasteiger partial charge >= 0.3 is 0 Å². The van der Waals surface area contributed by atoms with Crippen molar-refractivity contribution < 1.29 is 19.2 Å². The molecule has 3 fully saturated rings. The van der Waals surface area contributed by atoms with E-state index >= 15 is 0 Å². The van der Waals surface area contributed by atoms with Gasteiger partial charge in [0.1, 0.15) is 6.04 Å². The molecule has 1 aromatic carbocycles. The van der Waals surface area contributed by atoms with E-state index in [4.69, 9.17) is 0 Å². The van der Waals surface area contributed by atoms with Crippen LogP contribution in [0.3, 0.4) is 0 Å². The number of nitrogens with one attached hydrogen (secondary N) is 2. The molecular formula is C22H27N5O4. The molecule has 0 saturated carbocycles. The predicted octanol–water partition coefficient (Wildman–Crippen LogP) is -0.433. The number of piperidine rings is 1. The van der Waals surface area contributed by atoms with Crippen LogP contribution in [0, 0.1) is 0 Å². The highest BCUT2D eigenvalue weighted by Gasteiger charge is 2.45. The summed E-state index contributed by atoms with van der Waals surface area (Å²) in [6.07, 6.45) is 1.49. The average Bonchev–Trinajstić information content (AvgIpc) is 3.38. The van der Waals surface area contributed by atoms with Gasteiger partial charge in [-0.25, -0.2) is 0 Å². The summed E-state index contributed by atoms with van der Waals surface area (Å²) in [6.45, 7) is 6.56. The molecule has 4 amide bonds. The van der Waals surface area contributed by atoms with Gasteiger partial charge in [-0.05, 0) is 31.0 Å². The summed E-state index contributed by atoms with van der Waals surface area (Å²) < 4.78 is 0. The van der Waals surface area contributed by atoms with E-state index in [-0.39, 0.29) is 18.7 Å². The fourth-order valence-corrected chi connectivity index (χ4v) is 5.20. The highest BCUT2D eigenvalue weighted by atomic mass is 16.2. The van der Waals surface area contributed by atoms with Gasteiger partial charge in [-0.3, -0.25) is 39.2 Å². The Kier molecular flexibility index (Phi) is 5.33. The van der Waals surface area contributed by atoms with Gasteiger partial charge in [0.25, 0.3) is 11.8 Å². The van der Waals surface area contributed by atoms with Crippen LogP contribution in [0.4, 0.5) is 0 Å². The van der Waals surface area contributed by atoms with E-state index < -0.39 is 23.8 Å². The molecule has 4 heterocycles. The number of nitrogens with zero attached hydrogens (tertiary/aromatic N) is 3. The van der Waals surface area contributed by atoms with Crippen molar-refractivity contribution in [1.29, 1.82) is 0 Å². The van der Waals surface area contributed by atoms with Crippen LogP contribution < -0.4 is 10.6 Å². The topological polar surface area (TPSA) is 102 Å². The summed E-state index contributed by atoms with van der Waals surface area (Å²) in [4.78, 5) is 55.9. The number of piperazine rings is 1. The van der Waals surface area contributed by atoms with Gasteiger partial charge in [0.15, 0.2) is 0 Å². The average molecular weight is 425 g/mol. The highest BCUT2D eigenvalue weighted by molar-refractivity contribution is 6.24. The van der Waals surface area contributed by atoms with Crippen LogP contribution in [0.15, 0.2) is 18.2 Å². The Hall–Kier alpha value is -2.62. The summed E-state index contributed by atoms with van der Waals surface area (Å²) in [7, 11) is 0. The van der Waals surface area contributed by atoms with Gasteiger partial charge in [-0.1, -0.05) is 12.1 Å². The number of amides is 4. The maximum absolute atomic E-state index is 13.2. The molecule has 2 atom stereocenters. The fourth-order valence-electron chi connectivity index (χ4n) is 5.20. The van der Waals surface area contributed by atoms with Gasteiger partial charge in [0.2, 0.25) is 11.8 Å². The minimum absolute atomic E-state index is 0.122. The molecule has 9 nitrogen and oxygen atoms in total. The van der Waals surface area contributed by atoms with E-state index in [0.717, 1.165) is 49.7 Å². The van der Waals surface area contributed by atoms with Crippen molar-refractivity contribution in [3.63, 3.8) is 0 Å². The number of fused-ring (bicyclic) bond motifs is 1. The number of carbonyl (C=O) groups is 4. The second kappa shape index (κ2) is 8.14. The molecule has 0 aromatic heterocycles. The molecule has 1 unspecified atom stereocenters. The minimum atomic E-state index is -0.929. The predicted molar refractivity (Wildman–Crippen MR) is 111 cm³/mol. The standard InChI is InChI=1S/C22H27N5O4/c28-18-5-4-17(20(29)24-18)27-21(30)16-3-1-2-14(19(16)22(27)31)13-25-8-10-26(11-9-25)15-6-7-23-12-15/h1-3,15,17,23H,4-13H2,(H,24,28,29)/t15-,17?/m1/s1. The molecule has 5 rings (SSSR count). The molecule has 4 aliphatic heterocycles. The molecule has 2 N–H and O–H groups in total. The van der Waals surface area contributed by atoms with Gasteiger partial charge in [0, 0.05) is 51.7 Å². The van der Waals surface area contributed by atoms with E-state index in [2.05, 4.69) is 20.4 Å².